The van der Waals surface area contributed by atoms with Crippen LogP contribution in [0.4, 0.5) is 0 Å². The molecule has 0 bridgehead atoms. The van der Waals surface area contributed by atoms with Gasteiger partial charge in [-0.2, -0.15) is 0 Å². The van der Waals surface area contributed by atoms with Gasteiger partial charge in [0.05, 0.1) is 12.7 Å². The number of carbonyl (C=O) groups excluding carboxylic acids is 1. The molecule has 1 amide bonds. The molecule has 0 spiro atoms. The summed E-state index contributed by atoms with van der Waals surface area (Å²) in [6, 6.07) is 0. The van der Waals surface area contributed by atoms with Gasteiger partial charge in [-0.3, -0.25) is 4.79 Å². The van der Waals surface area contributed by atoms with Gasteiger partial charge in [-0.25, -0.2) is 0 Å². The Morgan fingerprint density at radius 1 is 1.47 bits per heavy atom. The molecule has 5 nitrogen and oxygen atoms in total. The number of rotatable bonds is 8. The van der Waals surface area contributed by atoms with E-state index in [1.54, 1.807) is 0 Å². The molecule has 1 aliphatic rings. The minimum absolute atomic E-state index is 0.00624. The van der Waals surface area contributed by atoms with E-state index in [4.69, 9.17) is 9.84 Å². The first-order valence-electron chi connectivity index (χ1n) is 7.34. The lowest BCUT2D eigenvalue weighted by Crippen LogP contribution is -2.46. The predicted molar refractivity (Wildman–Crippen MR) is 75.0 cm³/mol. The highest BCUT2D eigenvalue weighted by atomic mass is 16.5. The lowest BCUT2D eigenvalue weighted by Gasteiger charge is -2.29. The summed E-state index contributed by atoms with van der Waals surface area (Å²) in [6.07, 6.45) is 4.14. The summed E-state index contributed by atoms with van der Waals surface area (Å²) in [5.41, 5.74) is -0.305. The summed E-state index contributed by atoms with van der Waals surface area (Å²) >= 11 is 0. The Hall–Kier alpha value is -0.650. The standard InChI is InChI=1S/C14H28N2O3/c1-3-14(2,7-10-17)16-13(18)6-11-19-12-4-8-15-9-5-12/h12,15,17H,3-11H2,1-2H3,(H,16,18). The number of aliphatic hydroxyl groups is 1. The molecule has 3 N–H and O–H groups in total. The van der Waals surface area contributed by atoms with E-state index >= 15 is 0 Å². The molecule has 0 aromatic carbocycles. The van der Waals surface area contributed by atoms with Gasteiger partial charge in [-0.1, -0.05) is 6.92 Å². The Bertz CT molecular complexity index is 267. The number of hydrogen-bond acceptors (Lipinski definition) is 4. The van der Waals surface area contributed by atoms with Crippen molar-refractivity contribution in [1.29, 1.82) is 0 Å². The van der Waals surface area contributed by atoms with Crippen LogP contribution in [0.3, 0.4) is 0 Å². The van der Waals surface area contributed by atoms with Crippen molar-refractivity contribution in [3.05, 3.63) is 0 Å². The molecule has 1 saturated heterocycles. The van der Waals surface area contributed by atoms with Crippen LogP contribution in [0.5, 0.6) is 0 Å². The lowest BCUT2D eigenvalue weighted by atomic mass is 9.95. The first-order valence-corrected chi connectivity index (χ1v) is 7.34. The van der Waals surface area contributed by atoms with Gasteiger partial charge in [0.15, 0.2) is 0 Å². The topological polar surface area (TPSA) is 70.6 Å². The number of carbonyl (C=O) groups is 1. The van der Waals surface area contributed by atoms with Crippen molar-refractivity contribution >= 4 is 5.91 Å². The number of nitrogens with one attached hydrogen (secondary N) is 2. The number of amides is 1. The predicted octanol–water partition coefficient (Wildman–Crippen LogP) is 0.812. The average Bonchev–Trinajstić information content (AvgIpc) is 2.40. The Balaban J connectivity index is 2.19. The molecule has 5 heteroatoms. The van der Waals surface area contributed by atoms with E-state index in [1.165, 1.54) is 0 Å². The van der Waals surface area contributed by atoms with E-state index in [9.17, 15) is 4.79 Å². The monoisotopic (exact) mass is 272 g/mol. The highest BCUT2D eigenvalue weighted by Crippen LogP contribution is 2.14. The minimum atomic E-state index is -0.305. The van der Waals surface area contributed by atoms with Gasteiger partial charge >= 0.3 is 0 Å². The quantitative estimate of drug-likeness (QED) is 0.611. The van der Waals surface area contributed by atoms with E-state index in [0.29, 0.717) is 25.6 Å². The molecule has 19 heavy (non-hydrogen) atoms. The van der Waals surface area contributed by atoms with Crippen molar-refractivity contribution in [3.8, 4) is 0 Å². The Morgan fingerprint density at radius 3 is 2.74 bits per heavy atom. The van der Waals surface area contributed by atoms with Crippen LogP contribution in [0.25, 0.3) is 0 Å². The number of ether oxygens (including phenoxy) is 1. The fraction of sp³-hybridized carbons (Fsp3) is 0.929. The normalized spacial score (nSPS) is 19.9. The first-order chi connectivity index (χ1) is 9.09. The molecule has 1 fully saturated rings. The summed E-state index contributed by atoms with van der Waals surface area (Å²) in [7, 11) is 0. The van der Waals surface area contributed by atoms with E-state index in [2.05, 4.69) is 10.6 Å². The Labute approximate surface area is 116 Å². The fourth-order valence-corrected chi connectivity index (χ4v) is 2.25. The second kappa shape index (κ2) is 8.51. The van der Waals surface area contributed by atoms with Crippen molar-refractivity contribution in [3.63, 3.8) is 0 Å². The van der Waals surface area contributed by atoms with Crippen LogP contribution in [0.1, 0.15) is 46.0 Å². The highest BCUT2D eigenvalue weighted by Gasteiger charge is 2.23. The molecule has 1 unspecified atom stereocenters. The molecular weight excluding hydrogens is 244 g/mol. The SMILES string of the molecule is CCC(C)(CCO)NC(=O)CCOC1CCNCC1. The zero-order chi connectivity index (χ0) is 14.1. The summed E-state index contributed by atoms with van der Waals surface area (Å²) in [5, 5.41) is 15.3. The van der Waals surface area contributed by atoms with Gasteiger partial charge in [0.25, 0.3) is 0 Å². The summed E-state index contributed by atoms with van der Waals surface area (Å²) in [4.78, 5) is 11.8. The van der Waals surface area contributed by atoms with Crippen LogP contribution in [0.15, 0.2) is 0 Å². The second-order valence-corrected chi connectivity index (χ2v) is 5.51. The molecule has 0 aromatic heterocycles. The molecule has 0 aliphatic carbocycles. The molecular formula is C14H28N2O3. The highest BCUT2D eigenvalue weighted by molar-refractivity contribution is 5.76. The van der Waals surface area contributed by atoms with Crippen LogP contribution >= 0.6 is 0 Å². The maximum absolute atomic E-state index is 11.8. The Morgan fingerprint density at radius 2 is 2.16 bits per heavy atom. The number of aliphatic hydroxyl groups excluding tert-OH is 1. The van der Waals surface area contributed by atoms with Gasteiger partial charge < -0.3 is 20.5 Å². The summed E-state index contributed by atoms with van der Waals surface area (Å²) in [5.74, 6) is 0.00624. The summed E-state index contributed by atoms with van der Waals surface area (Å²) in [6.45, 7) is 6.56. The van der Waals surface area contributed by atoms with Gasteiger partial charge in [0, 0.05) is 18.6 Å². The smallest absolute Gasteiger partial charge is 0.222 e. The molecule has 0 radical (unpaired) electrons. The van der Waals surface area contributed by atoms with Crippen molar-refractivity contribution in [1.82, 2.24) is 10.6 Å². The van der Waals surface area contributed by atoms with Crippen LogP contribution in [-0.2, 0) is 9.53 Å². The zero-order valence-electron chi connectivity index (χ0n) is 12.2. The lowest BCUT2D eigenvalue weighted by molar-refractivity contribution is -0.124. The minimum Gasteiger partial charge on any atom is -0.396 e. The Kier molecular flexibility index (Phi) is 7.34. The largest absolute Gasteiger partial charge is 0.396 e. The van der Waals surface area contributed by atoms with Crippen molar-refractivity contribution in [2.24, 2.45) is 0 Å². The number of piperidine rings is 1. The van der Waals surface area contributed by atoms with Gasteiger partial charge in [0.1, 0.15) is 0 Å². The molecule has 112 valence electrons. The molecule has 0 aromatic rings. The van der Waals surface area contributed by atoms with Crippen molar-refractivity contribution in [2.45, 2.75) is 57.6 Å². The van der Waals surface area contributed by atoms with Gasteiger partial charge in [-0.05, 0) is 45.7 Å². The van der Waals surface area contributed by atoms with E-state index < -0.39 is 0 Å². The van der Waals surface area contributed by atoms with Crippen molar-refractivity contribution < 1.29 is 14.6 Å². The molecule has 1 heterocycles. The molecule has 1 rings (SSSR count). The van der Waals surface area contributed by atoms with Crippen LogP contribution in [-0.4, -0.2) is 49.0 Å². The fourth-order valence-electron chi connectivity index (χ4n) is 2.25. The van der Waals surface area contributed by atoms with Crippen LogP contribution in [0, 0.1) is 0 Å². The van der Waals surface area contributed by atoms with Crippen LogP contribution in [0.2, 0.25) is 0 Å². The molecule has 1 aliphatic heterocycles. The maximum atomic E-state index is 11.8. The van der Waals surface area contributed by atoms with E-state index in [0.717, 1.165) is 32.4 Å². The third kappa shape index (κ3) is 6.36. The molecule has 0 saturated carbocycles. The first kappa shape index (κ1) is 16.4. The van der Waals surface area contributed by atoms with E-state index in [1.807, 2.05) is 13.8 Å². The van der Waals surface area contributed by atoms with Gasteiger partial charge in [0.2, 0.25) is 5.91 Å². The van der Waals surface area contributed by atoms with Crippen molar-refractivity contribution in [2.75, 3.05) is 26.3 Å². The second-order valence-electron chi connectivity index (χ2n) is 5.51. The maximum Gasteiger partial charge on any atom is 0.222 e. The third-order valence-corrected chi connectivity index (χ3v) is 3.85. The number of hydrogen-bond donors (Lipinski definition) is 3. The summed E-state index contributed by atoms with van der Waals surface area (Å²) < 4.78 is 5.71. The van der Waals surface area contributed by atoms with E-state index in [-0.39, 0.29) is 18.1 Å². The van der Waals surface area contributed by atoms with Gasteiger partial charge in [-0.15, -0.1) is 0 Å². The van der Waals surface area contributed by atoms with Crippen LogP contribution < -0.4 is 10.6 Å². The molecule has 1 atom stereocenters. The zero-order valence-corrected chi connectivity index (χ0v) is 12.2. The third-order valence-electron chi connectivity index (χ3n) is 3.85. The average molecular weight is 272 g/mol.